The fraction of sp³-hybridized carbons (Fsp3) is 0.435. The van der Waals surface area contributed by atoms with E-state index in [-0.39, 0.29) is 17.2 Å². The number of likely N-dealkylation sites (N-methyl/N-ethyl adjacent to an activating group) is 1. The monoisotopic (exact) mass is 459 g/mol. The molecule has 1 fully saturated rings. The molecular formula is C23H29N3O5S. The number of hydrogen-bond donors (Lipinski definition) is 2. The van der Waals surface area contributed by atoms with Crippen molar-refractivity contribution in [3.8, 4) is 0 Å². The van der Waals surface area contributed by atoms with Crippen molar-refractivity contribution in [1.82, 2.24) is 9.62 Å². The molecule has 9 heteroatoms. The van der Waals surface area contributed by atoms with Gasteiger partial charge in [-0.3, -0.25) is 4.79 Å². The maximum atomic E-state index is 12.9. The van der Waals surface area contributed by atoms with E-state index in [1.165, 1.54) is 6.07 Å². The second kappa shape index (κ2) is 8.73. The lowest BCUT2D eigenvalue weighted by molar-refractivity contribution is -0.139. The van der Waals surface area contributed by atoms with Crippen molar-refractivity contribution in [1.29, 1.82) is 0 Å². The predicted molar refractivity (Wildman–Crippen MR) is 125 cm³/mol. The van der Waals surface area contributed by atoms with E-state index in [4.69, 9.17) is 4.42 Å². The molecule has 0 spiro atoms. The average molecular weight is 460 g/mol. The van der Waals surface area contributed by atoms with Gasteiger partial charge in [-0.15, -0.1) is 0 Å². The minimum absolute atomic E-state index is 0.0193. The normalized spacial score (nSPS) is 16.8. The molecular weight excluding hydrogens is 430 g/mol. The van der Waals surface area contributed by atoms with Gasteiger partial charge in [0, 0.05) is 48.7 Å². The second-order valence-corrected chi connectivity index (χ2v) is 10.6. The first kappa shape index (κ1) is 22.6. The molecule has 3 aromatic rings. The van der Waals surface area contributed by atoms with Crippen molar-refractivity contribution >= 4 is 43.6 Å². The van der Waals surface area contributed by atoms with Crippen LogP contribution < -0.4 is 9.62 Å². The Kier molecular flexibility index (Phi) is 6.15. The standard InChI is InChI=1S/C23H29N3O5S/c1-15(2)12-20(23(27)28)24-32(29,30)17-5-7-21-19(14-17)18-6-4-16(13-22(18)31-21)26-10-8-25(3)9-11-26/h4-7,13-15,20,24H,8-12H2,1-3H3,(H,27,28)/t20-/m0/s1. The van der Waals surface area contributed by atoms with Gasteiger partial charge in [0.05, 0.1) is 4.90 Å². The van der Waals surface area contributed by atoms with Crippen molar-refractivity contribution in [2.75, 3.05) is 38.1 Å². The molecule has 0 aliphatic carbocycles. The Morgan fingerprint density at radius 2 is 1.78 bits per heavy atom. The molecule has 1 aliphatic rings. The fourth-order valence-corrected chi connectivity index (χ4v) is 5.33. The van der Waals surface area contributed by atoms with Gasteiger partial charge in [0.2, 0.25) is 10.0 Å². The molecule has 32 heavy (non-hydrogen) atoms. The quantitative estimate of drug-likeness (QED) is 0.560. The molecule has 2 aromatic carbocycles. The third kappa shape index (κ3) is 4.60. The first-order valence-electron chi connectivity index (χ1n) is 10.8. The van der Waals surface area contributed by atoms with E-state index in [9.17, 15) is 18.3 Å². The molecule has 172 valence electrons. The molecule has 1 aliphatic heterocycles. The summed E-state index contributed by atoms with van der Waals surface area (Å²) in [5.74, 6) is -1.15. The SMILES string of the molecule is CC(C)C[C@H](NS(=O)(=O)c1ccc2oc3cc(N4CCN(C)CC4)ccc3c2c1)C(=O)O. The van der Waals surface area contributed by atoms with E-state index in [0.29, 0.717) is 16.6 Å². The first-order valence-corrected chi connectivity index (χ1v) is 12.3. The van der Waals surface area contributed by atoms with Crippen molar-refractivity contribution in [3.63, 3.8) is 0 Å². The van der Waals surface area contributed by atoms with Gasteiger partial charge in [-0.25, -0.2) is 8.42 Å². The molecule has 2 N–H and O–H groups in total. The third-order valence-corrected chi connectivity index (χ3v) is 7.38. The predicted octanol–water partition coefficient (Wildman–Crippen LogP) is 3.12. The van der Waals surface area contributed by atoms with Gasteiger partial charge >= 0.3 is 5.97 Å². The summed E-state index contributed by atoms with van der Waals surface area (Å²) in [5, 5.41) is 10.9. The minimum atomic E-state index is -4.00. The molecule has 0 amide bonds. The van der Waals surface area contributed by atoms with Crippen molar-refractivity contribution in [2.45, 2.75) is 31.2 Å². The van der Waals surface area contributed by atoms with Crippen molar-refractivity contribution < 1.29 is 22.7 Å². The average Bonchev–Trinajstić information content (AvgIpc) is 3.10. The highest BCUT2D eigenvalue weighted by Gasteiger charge is 2.27. The number of fused-ring (bicyclic) bond motifs is 3. The summed E-state index contributed by atoms with van der Waals surface area (Å²) in [4.78, 5) is 16.1. The van der Waals surface area contributed by atoms with Crippen LogP contribution in [-0.4, -0.2) is 63.7 Å². The largest absolute Gasteiger partial charge is 0.480 e. The van der Waals surface area contributed by atoms with E-state index in [0.717, 1.165) is 37.3 Å². The zero-order chi connectivity index (χ0) is 23.0. The highest BCUT2D eigenvalue weighted by Crippen LogP contribution is 2.33. The van der Waals surface area contributed by atoms with Crippen LogP contribution >= 0.6 is 0 Å². The number of aliphatic carboxylic acids is 1. The molecule has 8 nitrogen and oxygen atoms in total. The van der Waals surface area contributed by atoms with E-state index < -0.39 is 22.0 Å². The molecule has 4 rings (SSSR count). The molecule has 1 aromatic heterocycles. The number of benzene rings is 2. The highest BCUT2D eigenvalue weighted by atomic mass is 32.2. The number of carboxylic acid groups (broad SMARTS) is 1. The van der Waals surface area contributed by atoms with Gasteiger partial charge in [-0.2, -0.15) is 4.72 Å². The van der Waals surface area contributed by atoms with E-state index >= 15 is 0 Å². The van der Waals surface area contributed by atoms with Gasteiger partial charge in [-0.1, -0.05) is 13.8 Å². The van der Waals surface area contributed by atoms with Crippen LogP contribution in [0.4, 0.5) is 5.69 Å². The third-order valence-electron chi connectivity index (χ3n) is 5.91. The molecule has 0 bridgehead atoms. The first-order chi connectivity index (χ1) is 15.1. The van der Waals surface area contributed by atoms with Crippen LogP contribution in [0.2, 0.25) is 0 Å². The molecule has 1 saturated heterocycles. The molecule has 1 atom stereocenters. The molecule has 0 saturated carbocycles. The summed E-state index contributed by atoms with van der Waals surface area (Å²) in [7, 11) is -1.89. The highest BCUT2D eigenvalue weighted by molar-refractivity contribution is 7.89. The zero-order valence-corrected chi connectivity index (χ0v) is 19.4. The summed E-state index contributed by atoms with van der Waals surface area (Å²) in [6.07, 6.45) is 0.209. The number of hydrogen-bond acceptors (Lipinski definition) is 6. The number of nitrogens with zero attached hydrogens (tertiary/aromatic N) is 2. The topological polar surface area (TPSA) is 103 Å². The van der Waals surface area contributed by atoms with Crippen LogP contribution in [0.25, 0.3) is 21.9 Å². The number of carbonyl (C=O) groups is 1. The second-order valence-electron chi connectivity index (χ2n) is 8.87. The van der Waals surface area contributed by atoms with Crippen molar-refractivity contribution in [2.24, 2.45) is 5.92 Å². The maximum Gasteiger partial charge on any atom is 0.321 e. The summed E-state index contributed by atoms with van der Waals surface area (Å²) in [5.41, 5.74) is 2.37. The Morgan fingerprint density at radius 3 is 2.44 bits per heavy atom. The van der Waals surface area contributed by atoms with Gasteiger partial charge in [0.25, 0.3) is 0 Å². The van der Waals surface area contributed by atoms with Crippen LogP contribution in [0.15, 0.2) is 45.7 Å². The number of carboxylic acids is 1. The van der Waals surface area contributed by atoms with Crippen LogP contribution in [0, 0.1) is 5.92 Å². The summed E-state index contributed by atoms with van der Waals surface area (Å²) in [6, 6.07) is 9.43. The lowest BCUT2D eigenvalue weighted by atomic mass is 10.1. The number of furan rings is 1. The Balaban J connectivity index is 1.66. The van der Waals surface area contributed by atoms with E-state index in [1.54, 1.807) is 12.1 Å². The summed E-state index contributed by atoms with van der Waals surface area (Å²) < 4.78 is 34.1. The Morgan fingerprint density at radius 1 is 1.06 bits per heavy atom. The maximum absolute atomic E-state index is 12.9. The number of piperazine rings is 1. The number of anilines is 1. The molecule has 0 radical (unpaired) electrons. The van der Waals surface area contributed by atoms with Crippen molar-refractivity contribution in [3.05, 3.63) is 36.4 Å². The van der Waals surface area contributed by atoms with Crippen LogP contribution in [0.5, 0.6) is 0 Å². The number of sulfonamides is 1. The van der Waals surface area contributed by atoms with Crippen LogP contribution in [0.3, 0.4) is 0 Å². The molecule has 0 unspecified atom stereocenters. The van der Waals surface area contributed by atoms with Crippen LogP contribution in [-0.2, 0) is 14.8 Å². The number of nitrogens with one attached hydrogen (secondary N) is 1. The Labute approximate surface area is 187 Å². The number of rotatable bonds is 7. The molecule has 2 heterocycles. The summed E-state index contributed by atoms with van der Waals surface area (Å²) >= 11 is 0. The summed E-state index contributed by atoms with van der Waals surface area (Å²) in [6.45, 7) is 7.59. The minimum Gasteiger partial charge on any atom is -0.480 e. The smallest absolute Gasteiger partial charge is 0.321 e. The van der Waals surface area contributed by atoms with E-state index in [2.05, 4.69) is 21.6 Å². The Bertz CT molecular complexity index is 1240. The van der Waals surface area contributed by atoms with Gasteiger partial charge in [-0.05, 0) is 49.7 Å². The lowest BCUT2D eigenvalue weighted by Gasteiger charge is -2.34. The van der Waals surface area contributed by atoms with Crippen LogP contribution in [0.1, 0.15) is 20.3 Å². The van der Waals surface area contributed by atoms with Gasteiger partial charge in [0.15, 0.2) is 0 Å². The fourth-order valence-electron chi connectivity index (χ4n) is 4.10. The zero-order valence-electron chi connectivity index (χ0n) is 18.5. The van der Waals surface area contributed by atoms with Gasteiger partial charge in [0.1, 0.15) is 17.2 Å². The van der Waals surface area contributed by atoms with E-state index in [1.807, 2.05) is 32.0 Å². The lowest BCUT2D eigenvalue weighted by Crippen LogP contribution is -2.44. The Hall–Kier alpha value is -2.62. The van der Waals surface area contributed by atoms with Gasteiger partial charge < -0.3 is 19.3 Å².